The van der Waals surface area contributed by atoms with Crippen LogP contribution in [0.4, 0.5) is 0 Å². The first-order valence-corrected chi connectivity index (χ1v) is 38.0. The SMILES string of the molecule is [CH2]=[Hf]([CH3])([CH3])([CH3])([CH2]C(C)C)([CH]1C=Cc2c(-c3ccc(C(C)(C)C)cc3)cccc21)[CH]1C=Cc2c(-c3ccc(C(C)(C)C)cc3)cccc21. The van der Waals surface area contributed by atoms with Crippen LogP contribution < -0.4 is 0 Å². The van der Waals surface area contributed by atoms with Gasteiger partial charge in [0, 0.05) is 0 Å². The van der Waals surface area contributed by atoms with Gasteiger partial charge in [0.25, 0.3) is 0 Å². The molecule has 0 amide bonds. The van der Waals surface area contributed by atoms with Gasteiger partial charge >= 0.3 is 282 Å². The van der Waals surface area contributed by atoms with Gasteiger partial charge in [0.15, 0.2) is 0 Å². The quantitative estimate of drug-likeness (QED) is 0.171. The third-order valence-corrected chi connectivity index (χ3v) is 48.5. The van der Waals surface area contributed by atoms with Gasteiger partial charge in [-0.05, 0) is 0 Å². The van der Waals surface area contributed by atoms with Gasteiger partial charge in [-0.15, -0.1) is 0 Å². The number of hydrogen-bond acceptors (Lipinski definition) is 0. The molecule has 4 aromatic carbocycles. The number of fused-ring (bicyclic) bond motifs is 2. The summed E-state index contributed by atoms with van der Waals surface area (Å²) in [6.07, 6.45) is 10.0. The zero-order chi connectivity index (χ0) is 34.3. The molecule has 0 heterocycles. The van der Waals surface area contributed by atoms with E-state index < -0.39 is 15.1 Å². The second kappa shape index (κ2) is 9.84. The number of allylic oxidation sites excluding steroid dienone is 2. The molecule has 47 heavy (non-hydrogen) atoms. The van der Waals surface area contributed by atoms with Crippen LogP contribution in [0.2, 0.25) is 18.2 Å². The van der Waals surface area contributed by atoms with Crippen molar-refractivity contribution in [3.8, 4) is 22.3 Å². The average Bonchev–Trinajstić information content (AvgIpc) is 3.62. The molecule has 0 saturated heterocycles. The van der Waals surface area contributed by atoms with E-state index in [4.69, 9.17) is 4.26 Å². The van der Waals surface area contributed by atoms with Crippen LogP contribution in [0, 0.1) is 5.92 Å². The van der Waals surface area contributed by atoms with Crippen molar-refractivity contribution >= 4 is 16.4 Å². The summed E-state index contributed by atoms with van der Waals surface area (Å²) in [5, 5.41) is 0. The van der Waals surface area contributed by atoms with E-state index in [0.717, 1.165) is 4.18 Å². The molecular weight excluding hydrogens is 731 g/mol. The zero-order valence-corrected chi connectivity index (χ0v) is 34.6. The topological polar surface area (TPSA) is 0 Å². The van der Waals surface area contributed by atoms with Crippen LogP contribution in [0.25, 0.3) is 34.4 Å². The van der Waals surface area contributed by atoms with E-state index in [2.05, 4.69) is 179 Å². The molecule has 0 saturated carbocycles. The molecular formula is C46H58Hf. The van der Waals surface area contributed by atoms with Crippen LogP contribution in [0.3, 0.4) is 0 Å². The van der Waals surface area contributed by atoms with Gasteiger partial charge in [0.05, 0.1) is 0 Å². The Labute approximate surface area is 280 Å². The monoisotopic (exact) mass is 790 g/mol. The Bertz CT molecular complexity index is 1920. The van der Waals surface area contributed by atoms with Crippen molar-refractivity contribution in [2.45, 2.75) is 91.8 Å². The van der Waals surface area contributed by atoms with E-state index >= 15 is 0 Å². The summed E-state index contributed by atoms with van der Waals surface area (Å²) in [5.74, 6) is 0.522. The van der Waals surface area contributed by atoms with Crippen molar-refractivity contribution in [2.24, 2.45) is 5.92 Å². The van der Waals surface area contributed by atoms with E-state index in [0.29, 0.717) is 5.92 Å². The molecule has 0 nitrogen and oxygen atoms in total. The summed E-state index contributed by atoms with van der Waals surface area (Å²) in [4.78, 5) is 0. The summed E-state index contributed by atoms with van der Waals surface area (Å²) in [7, 11) is 0. The van der Waals surface area contributed by atoms with Crippen molar-refractivity contribution < 1.29 is 15.1 Å². The Morgan fingerprint density at radius 3 is 1.26 bits per heavy atom. The van der Waals surface area contributed by atoms with Gasteiger partial charge in [0.1, 0.15) is 0 Å². The minimum absolute atomic E-state index is 0.138. The Balaban J connectivity index is 1.51. The molecule has 2 aliphatic carbocycles. The molecule has 2 unspecified atom stereocenters. The van der Waals surface area contributed by atoms with Crippen LogP contribution in [0.5, 0.6) is 0 Å². The van der Waals surface area contributed by atoms with Crippen molar-refractivity contribution in [2.75, 3.05) is 0 Å². The first-order valence-electron chi connectivity index (χ1n) is 18.0. The van der Waals surface area contributed by atoms with E-state index in [-0.39, 0.29) is 18.2 Å². The summed E-state index contributed by atoms with van der Waals surface area (Å²) in [6, 6.07) is 32.6. The van der Waals surface area contributed by atoms with Crippen LogP contribution in [-0.4, -0.2) is 4.26 Å². The third kappa shape index (κ3) is 5.50. The minimum atomic E-state index is -5.27. The maximum atomic E-state index is 5.75. The normalized spacial score (nSPS) is 20.0. The van der Waals surface area contributed by atoms with E-state index in [1.165, 1.54) is 55.6 Å². The zero-order valence-electron chi connectivity index (χ0n) is 31.0. The second-order valence-electron chi connectivity index (χ2n) is 21.1. The Kier molecular flexibility index (Phi) is 7.12. The van der Waals surface area contributed by atoms with Gasteiger partial charge < -0.3 is 0 Å². The Hall–Kier alpha value is -2.90. The first-order chi connectivity index (χ1) is 21.6. The summed E-state index contributed by atoms with van der Waals surface area (Å²) in [6.45, 7) is 18.5. The van der Waals surface area contributed by atoms with Crippen molar-refractivity contribution in [1.82, 2.24) is 0 Å². The van der Waals surface area contributed by atoms with Gasteiger partial charge in [-0.25, -0.2) is 0 Å². The van der Waals surface area contributed by atoms with E-state index in [9.17, 15) is 0 Å². The third-order valence-electron chi connectivity index (χ3n) is 12.5. The molecule has 246 valence electrons. The Morgan fingerprint density at radius 2 is 0.936 bits per heavy atom. The summed E-state index contributed by atoms with van der Waals surface area (Å²) < 4.78 is 15.5. The number of hydrogen-bond donors (Lipinski definition) is 0. The summed E-state index contributed by atoms with van der Waals surface area (Å²) in [5.41, 5.74) is 14.0. The Morgan fingerprint density at radius 1 is 0.574 bits per heavy atom. The first kappa shape index (κ1) is 34.0. The molecule has 1 heteroatoms. The molecule has 6 rings (SSSR count). The fourth-order valence-electron chi connectivity index (χ4n) is 10.4. The maximum absolute atomic E-state index is 5.75. The standard InChI is InChI=1S/2C19H19.C4H9.3CH3.CH2.Hf/c2*1-19(2,3)16-12-10-15(11-13-16)18-9-5-7-14-6-4-8-17(14)18;1-4(2)3;;;;;/h2*4-13H,1-3H3;4H,1H2,2-3H3;3*1H3;1H2;. The molecule has 0 N–H and O–H groups in total. The van der Waals surface area contributed by atoms with Gasteiger partial charge in [-0.1, -0.05) is 0 Å². The molecule has 2 atom stereocenters. The van der Waals surface area contributed by atoms with Crippen molar-refractivity contribution in [1.29, 1.82) is 0 Å². The second-order valence-corrected chi connectivity index (χ2v) is 74.4. The molecule has 0 spiro atoms. The molecule has 0 radical (unpaired) electrons. The van der Waals surface area contributed by atoms with Gasteiger partial charge in [-0.3, -0.25) is 0 Å². The van der Waals surface area contributed by atoms with Gasteiger partial charge in [-0.2, -0.15) is 0 Å². The molecule has 0 fully saturated rings. The predicted octanol–water partition coefficient (Wildman–Crippen LogP) is 13.9. The van der Waals surface area contributed by atoms with Crippen molar-refractivity contribution in [3.05, 3.63) is 130 Å². The van der Waals surface area contributed by atoms with Crippen molar-refractivity contribution in [3.63, 3.8) is 0 Å². The number of rotatable bonds is 6. The molecule has 0 bridgehead atoms. The fraction of sp³-hybridized carbons (Fsp3) is 0.370. The molecule has 0 aromatic heterocycles. The molecule has 0 aliphatic heterocycles. The van der Waals surface area contributed by atoms with Gasteiger partial charge in [0.2, 0.25) is 0 Å². The predicted molar refractivity (Wildman–Crippen MR) is 209 cm³/mol. The van der Waals surface area contributed by atoms with Crippen LogP contribution >= 0.6 is 0 Å². The van der Waals surface area contributed by atoms with Crippen LogP contribution in [-0.2, 0) is 25.9 Å². The van der Waals surface area contributed by atoms with E-state index in [1.807, 2.05) is 0 Å². The molecule has 2 aliphatic rings. The van der Waals surface area contributed by atoms with Crippen LogP contribution in [0.1, 0.15) is 96.1 Å². The fourth-order valence-corrected chi connectivity index (χ4v) is 48.5. The van der Waals surface area contributed by atoms with Crippen LogP contribution in [0.15, 0.2) is 97.1 Å². The van der Waals surface area contributed by atoms with E-state index in [1.54, 1.807) is 0 Å². The summed E-state index contributed by atoms with van der Waals surface area (Å²) >= 11 is -5.27. The average molecular weight is 789 g/mol. The molecule has 4 aromatic rings. The number of benzene rings is 4.